The number of aliphatic hydroxyl groups excluding tert-OH is 2. The zero-order valence-electron chi connectivity index (χ0n) is 9.29. The van der Waals surface area contributed by atoms with E-state index in [-0.39, 0.29) is 18.7 Å². The molecule has 0 aromatic carbocycles. The summed E-state index contributed by atoms with van der Waals surface area (Å²) in [5, 5.41) is 18.6. The van der Waals surface area contributed by atoms with Gasteiger partial charge in [0.05, 0.1) is 12.7 Å². The minimum absolute atomic E-state index is 0.270. The zero-order valence-corrected chi connectivity index (χ0v) is 10.1. The van der Waals surface area contributed by atoms with Crippen molar-refractivity contribution >= 4 is 12.2 Å². The van der Waals surface area contributed by atoms with Crippen molar-refractivity contribution in [1.82, 2.24) is 9.55 Å². The maximum Gasteiger partial charge on any atom is 0.328 e. The number of aromatic nitrogens is 2. The molecule has 1 aromatic heterocycles. The Morgan fingerprint density at radius 1 is 1.71 bits per heavy atom. The number of nitrogens with zero attached hydrogens (tertiary/aromatic N) is 1. The van der Waals surface area contributed by atoms with Gasteiger partial charge in [0.1, 0.15) is 17.0 Å². The molecule has 0 radical (unpaired) electrons. The Morgan fingerprint density at radius 2 is 2.41 bits per heavy atom. The molecule has 0 spiro atoms. The van der Waals surface area contributed by atoms with Crippen LogP contribution >= 0.6 is 12.2 Å². The highest BCUT2D eigenvalue weighted by Crippen LogP contribution is 2.27. The second-order valence-electron chi connectivity index (χ2n) is 4.09. The molecule has 7 heteroatoms. The Morgan fingerprint density at radius 3 is 3.00 bits per heavy atom. The van der Waals surface area contributed by atoms with Crippen molar-refractivity contribution in [1.29, 1.82) is 0 Å². The van der Waals surface area contributed by atoms with Gasteiger partial charge in [-0.1, -0.05) is 12.2 Å². The van der Waals surface area contributed by atoms with Crippen LogP contribution in [0.2, 0.25) is 0 Å². The molecule has 0 amide bonds. The van der Waals surface area contributed by atoms with Crippen molar-refractivity contribution in [2.45, 2.75) is 31.8 Å². The average Bonchev–Trinajstić information content (AvgIpc) is 2.65. The van der Waals surface area contributed by atoms with Crippen LogP contribution in [0.1, 0.15) is 18.2 Å². The second kappa shape index (κ2) is 4.69. The summed E-state index contributed by atoms with van der Waals surface area (Å²) in [5.41, 5.74) is 0.376. The molecule has 0 saturated carbocycles. The molecule has 2 heterocycles. The van der Waals surface area contributed by atoms with Gasteiger partial charge in [-0.2, -0.15) is 0 Å². The lowest BCUT2D eigenvalue weighted by atomic mass is 10.2. The van der Waals surface area contributed by atoms with Gasteiger partial charge in [-0.05, 0) is 6.92 Å². The first kappa shape index (κ1) is 12.4. The molecular weight excluding hydrogens is 244 g/mol. The van der Waals surface area contributed by atoms with Crippen LogP contribution in [0.3, 0.4) is 0 Å². The Hall–Kier alpha value is -1.02. The number of ether oxygens (including phenoxy) is 1. The van der Waals surface area contributed by atoms with E-state index in [2.05, 4.69) is 4.98 Å². The van der Waals surface area contributed by atoms with Crippen LogP contribution in [0.25, 0.3) is 0 Å². The fraction of sp³-hybridized carbons (Fsp3) is 0.600. The van der Waals surface area contributed by atoms with Gasteiger partial charge in [0.25, 0.3) is 0 Å². The third-order valence-electron chi connectivity index (χ3n) is 2.84. The average molecular weight is 258 g/mol. The molecule has 0 bridgehead atoms. The summed E-state index contributed by atoms with van der Waals surface area (Å²) < 4.78 is 7.14. The number of aliphatic hydroxyl groups is 2. The van der Waals surface area contributed by atoms with Gasteiger partial charge in [0.2, 0.25) is 0 Å². The maximum atomic E-state index is 11.7. The lowest BCUT2D eigenvalue weighted by molar-refractivity contribution is -0.0459. The van der Waals surface area contributed by atoms with E-state index in [1.165, 1.54) is 4.57 Å². The largest absolute Gasteiger partial charge is 0.394 e. The number of hydrogen-bond donors (Lipinski definition) is 3. The summed E-state index contributed by atoms with van der Waals surface area (Å²) in [6.45, 7) is 1.51. The molecule has 1 fully saturated rings. The topological polar surface area (TPSA) is 87.5 Å². The minimum Gasteiger partial charge on any atom is -0.394 e. The molecular formula is C10H14N2O4S. The normalized spacial score (nSPS) is 28.5. The van der Waals surface area contributed by atoms with E-state index in [9.17, 15) is 9.90 Å². The SMILES string of the molecule is Cc1cn([C@@H]2C[C@H](O)[C@H](CO)O2)c(=O)[nH]c1=S. The zero-order chi connectivity index (χ0) is 12.6. The first-order chi connectivity index (χ1) is 8.02. The molecule has 3 N–H and O–H groups in total. The van der Waals surface area contributed by atoms with Gasteiger partial charge in [-0.3, -0.25) is 9.55 Å². The van der Waals surface area contributed by atoms with E-state index in [0.717, 1.165) is 5.56 Å². The van der Waals surface area contributed by atoms with Crippen molar-refractivity contribution < 1.29 is 14.9 Å². The van der Waals surface area contributed by atoms with Crippen LogP contribution in [-0.2, 0) is 4.74 Å². The van der Waals surface area contributed by atoms with Gasteiger partial charge in [0, 0.05) is 18.2 Å². The molecule has 1 aliphatic rings. The summed E-state index contributed by atoms with van der Waals surface area (Å²) in [6, 6.07) is 0. The van der Waals surface area contributed by atoms with Gasteiger partial charge >= 0.3 is 5.69 Å². The standard InChI is InChI=1S/C10H14N2O4S/c1-5-3-12(10(15)11-9(5)17)8-2-6(14)7(4-13)16-8/h3,6-8,13-14H,2,4H2,1H3,(H,11,15,17)/t6-,7-,8-/m0/s1. The van der Waals surface area contributed by atoms with Crippen LogP contribution in [0.15, 0.2) is 11.0 Å². The van der Waals surface area contributed by atoms with Crippen LogP contribution in [-0.4, -0.2) is 38.6 Å². The summed E-state index contributed by atoms with van der Waals surface area (Å²) in [6.07, 6.45) is -0.107. The number of H-pyrrole nitrogens is 1. The van der Waals surface area contributed by atoms with Crippen molar-refractivity contribution in [3.8, 4) is 0 Å². The molecule has 6 nitrogen and oxygen atoms in total. The highest BCUT2D eigenvalue weighted by Gasteiger charge is 2.34. The molecule has 94 valence electrons. The lowest BCUT2D eigenvalue weighted by Crippen LogP contribution is -2.28. The fourth-order valence-corrected chi connectivity index (χ4v) is 1.99. The van der Waals surface area contributed by atoms with E-state index in [1.54, 1.807) is 13.1 Å². The van der Waals surface area contributed by atoms with Crippen molar-refractivity contribution in [3.63, 3.8) is 0 Å². The summed E-state index contributed by atoms with van der Waals surface area (Å²) in [7, 11) is 0. The Bertz CT molecular complexity index is 524. The molecule has 0 unspecified atom stereocenters. The van der Waals surface area contributed by atoms with Crippen LogP contribution < -0.4 is 5.69 Å². The molecule has 1 saturated heterocycles. The van der Waals surface area contributed by atoms with E-state index >= 15 is 0 Å². The Labute approximate surface area is 102 Å². The quantitative estimate of drug-likeness (QED) is 0.642. The monoisotopic (exact) mass is 258 g/mol. The van der Waals surface area contributed by atoms with Crippen LogP contribution in [0, 0.1) is 11.6 Å². The first-order valence-corrected chi connectivity index (χ1v) is 5.70. The number of aryl methyl sites for hydroxylation is 1. The van der Waals surface area contributed by atoms with E-state index in [4.69, 9.17) is 22.1 Å². The highest BCUT2D eigenvalue weighted by molar-refractivity contribution is 7.71. The molecule has 2 rings (SSSR count). The summed E-state index contributed by atoms with van der Waals surface area (Å²) in [5.74, 6) is 0. The van der Waals surface area contributed by atoms with E-state index in [0.29, 0.717) is 4.64 Å². The lowest BCUT2D eigenvalue weighted by Gasteiger charge is -2.14. The van der Waals surface area contributed by atoms with Crippen LogP contribution in [0.5, 0.6) is 0 Å². The molecule has 1 aliphatic heterocycles. The summed E-state index contributed by atoms with van der Waals surface area (Å²) in [4.78, 5) is 14.2. The third kappa shape index (κ3) is 2.32. The number of rotatable bonds is 2. The summed E-state index contributed by atoms with van der Waals surface area (Å²) >= 11 is 4.95. The van der Waals surface area contributed by atoms with Gasteiger partial charge < -0.3 is 14.9 Å². The molecule has 0 aliphatic carbocycles. The van der Waals surface area contributed by atoms with Gasteiger partial charge in [0.15, 0.2) is 0 Å². The van der Waals surface area contributed by atoms with E-state index < -0.39 is 18.4 Å². The smallest absolute Gasteiger partial charge is 0.328 e. The van der Waals surface area contributed by atoms with Crippen molar-refractivity contribution in [2.24, 2.45) is 0 Å². The van der Waals surface area contributed by atoms with Crippen LogP contribution in [0.4, 0.5) is 0 Å². The minimum atomic E-state index is -0.764. The fourth-order valence-electron chi connectivity index (χ4n) is 1.85. The third-order valence-corrected chi connectivity index (χ3v) is 3.26. The maximum absolute atomic E-state index is 11.7. The second-order valence-corrected chi connectivity index (χ2v) is 4.50. The first-order valence-electron chi connectivity index (χ1n) is 5.29. The van der Waals surface area contributed by atoms with Gasteiger partial charge in [-0.25, -0.2) is 4.79 Å². The predicted octanol–water partition coefficient (Wildman–Crippen LogP) is -0.145. The van der Waals surface area contributed by atoms with Gasteiger partial charge in [-0.15, -0.1) is 0 Å². The van der Waals surface area contributed by atoms with Crippen molar-refractivity contribution in [2.75, 3.05) is 6.61 Å². The number of nitrogens with one attached hydrogen (secondary N) is 1. The Balaban J connectivity index is 2.34. The Kier molecular flexibility index (Phi) is 3.43. The molecule has 17 heavy (non-hydrogen) atoms. The predicted molar refractivity (Wildman–Crippen MR) is 62.2 cm³/mol. The number of hydrogen-bond acceptors (Lipinski definition) is 5. The number of aromatic amines is 1. The van der Waals surface area contributed by atoms with E-state index in [1.807, 2.05) is 0 Å². The highest BCUT2D eigenvalue weighted by atomic mass is 32.1. The molecule has 3 atom stereocenters. The molecule has 1 aromatic rings. The van der Waals surface area contributed by atoms with Crippen molar-refractivity contribution in [3.05, 3.63) is 26.9 Å².